The van der Waals surface area contributed by atoms with Gasteiger partial charge in [-0.3, -0.25) is 4.79 Å². The number of halogens is 1. The standard InChI is InChI=1S/C15H15FN2O2/c1-18(2)12-8-4-3-7-11(12)17-15(20)14-10(16)6-5-9-13(14)19/h3-9,19H,1-2H3,(H,17,20). The smallest absolute Gasteiger partial charge is 0.262 e. The van der Waals surface area contributed by atoms with Crippen molar-refractivity contribution in [3.05, 3.63) is 53.8 Å². The second-order valence-electron chi connectivity index (χ2n) is 4.50. The number of nitrogens with one attached hydrogen (secondary N) is 1. The van der Waals surface area contributed by atoms with Crippen LogP contribution in [0.25, 0.3) is 0 Å². The summed E-state index contributed by atoms with van der Waals surface area (Å²) in [7, 11) is 3.68. The Kier molecular flexibility index (Phi) is 3.89. The molecule has 104 valence electrons. The minimum absolute atomic E-state index is 0.360. The van der Waals surface area contributed by atoms with Crippen molar-refractivity contribution >= 4 is 17.3 Å². The lowest BCUT2D eigenvalue weighted by atomic mass is 10.1. The van der Waals surface area contributed by atoms with Crippen molar-refractivity contribution in [2.75, 3.05) is 24.3 Å². The number of carbonyl (C=O) groups excluding carboxylic acids is 1. The highest BCUT2D eigenvalue weighted by Crippen LogP contribution is 2.26. The average Bonchev–Trinajstić information content (AvgIpc) is 2.38. The molecule has 0 fully saturated rings. The number of amides is 1. The summed E-state index contributed by atoms with van der Waals surface area (Å²) in [5, 5.41) is 12.2. The van der Waals surface area contributed by atoms with Gasteiger partial charge in [0.2, 0.25) is 0 Å². The molecule has 20 heavy (non-hydrogen) atoms. The van der Waals surface area contributed by atoms with Crippen LogP contribution in [0.4, 0.5) is 15.8 Å². The highest BCUT2D eigenvalue weighted by molar-refractivity contribution is 6.07. The first-order chi connectivity index (χ1) is 9.50. The number of benzene rings is 2. The maximum absolute atomic E-state index is 13.6. The van der Waals surface area contributed by atoms with E-state index in [0.29, 0.717) is 5.69 Å². The van der Waals surface area contributed by atoms with E-state index in [2.05, 4.69) is 5.32 Å². The third-order valence-corrected chi connectivity index (χ3v) is 2.85. The normalized spacial score (nSPS) is 10.2. The molecule has 0 unspecified atom stereocenters. The van der Waals surface area contributed by atoms with Gasteiger partial charge in [-0.2, -0.15) is 0 Å². The van der Waals surface area contributed by atoms with E-state index in [0.717, 1.165) is 11.8 Å². The maximum Gasteiger partial charge on any atom is 0.262 e. The van der Waals surface area contributed by atoms with Crippen LogP contribution < -0.4 is 10.2 Å². The zero-order valence-electron chi connectivity index (χ0n) is 11.2. The third-order valence-electron chi connectivity index (χ3n) is 2.85. The number of phenolic OH excluding ortho intramolecular Hbond substituents is 1. The third kappa shape index (κ3) is 2.71. The molecule has 2 aromatic carbocycles. The first-order valence-electron chi connectivity index (χ1n) is 6.06. The fourth-order valence-corrected chi connectivity index (χ4v) is 1.89. The number of aromatic hydroxyl groups is 1. The van der Waals surface area contributed by atoms with Crippen molar-refractivity contribution in [3.63, 3.8) is 0 Å². The van der Waals surface area contributed by atoms with Gasteiger partial charge in [0.1, 0.15) is 17.1 Å². The van der Waals surface area contributed by atoms with Gasteiger partial charge in [0.05, 0.1) is 11.4 Å². The number of rotatable bonds is 3. The zero-order chi connectivity index (χ0) is 14.7. The van der Waals surface area contributed by atoms with Crippen molar-refractivity contribution in [3.8, 4) is 5.75 Å². The van der Waals surface area contributed by atoms with Gasteiger partial charge in [-0.25, -0.2) is 4.39 Å². The zero-order valence-corrected chi connectivity index (χ0v) is 11.2. The number of anilines is 2. The molecule has 0 spiro atoms. The molecule has 4 nitrogen and oxygen atoms in total. The first-order valence-corrected chi connectivity index (χ1v) is 6.06. The molecule has 2 rings (SSSR count). The van der Waals surface area contributed by atoms with Crippen LogP contribution in [0.15, 0.2) is 42.5 Å². The van der Waals surface area contributed by atoms with Gasteiger partial charge in [-0.05, 0) is 24.3 Å². The van der Waals surface area contributed by atoms with Crippen LogP contribution in [-0.2, 0) is 0 Å². The van der Waals surface area contributed by atoms with Crippen molar-refractivity contribution in [2.24, 2.45) is 0 Å². The predicted molar refractivity (Wildman–Crippen MR) is 76.8 cm³/mol. The summed E-state index contributed by atoms with van der Waals surface area (Å²) < 4.78 is 13.6. The summed E-state index contributed by atoms with van der Waals surface area (Å²) in [6, 6.07) is 10.9. The SMILES string of the molecule is CN(C)c1ccccc1NC(=O)c1c(O)cccc1F. The molecule has 0 saturated carbocycles. The van der Waals surface area contributed by atoms with Gasteiger partial charge in [0, 0.05) is 14.1 Å². The maximum atomic E-state index is 13.6. The lowest BCUT2D eigenvalue weighted by Gasteiger charge is -2.18. The van der Waals surface area contributed by atoms with Gasteiger partial charge in [-0.1, -0.05) is 18.2 Å². The summed E-state index contributed by atoms with van der Waals surface area (Å²) in [5.41, 5.74) is 0.975. The molecule has 0 aliphatic rings. The number of para-hydroxylation sites is 2. The summed E-state index contributed by atoms with van der Waals surface area (Å²) in [5.74, 6) is -1.83. The van der Waals surface area contributed by atoms with Crippen molar-refractivity contribution in [1.82, 2.24) is 0 Å². The van der Waals surface area contributed by atoms with Gasteiger partial charge in [0.25, 0.3) is 5.91 Å². The second kappa shape index (κ2) is 5.61. The van der Waals surface area contributed by atoms with E-state index in [1.165, 1.54) is 12.1 Å². The Bertz CT molecular complexity index is 621. The molecule has 2 N–H and O–H groups in total. The van der Waals surface area contributed by atoms with E-state index >= 15 is 0 Å². The van der Waals surface area contributed by atoms with Crippen molar-refractivity contribution in [1.29, 1.82) is 0 Å². The Balaban J connectivity index is 2.33. The lowest BCUT2D eigenvalue weighted by Crippen LogP contribution is -2.17. The highest BCUT2D eigenvalue weighted by Gasteiger charge is 2.17. The van der Waals surface area contributed by atoms with E-state index in [9.17, 15) is 14.3 Å². The fourth-order valence-electron chi connectivity index (χ4n) is 1.89. The van der Waals surface area contributed by atoms with E-state index in [4.69, 9.17) is 0 Å². The molecule has 1 amide bonds. The van der Waals surface area contributed by atoms with Crippen molar-refractivity contribution in [2.45, 2.75) is 0 Å². The summed E-state index contributed by atoms with van der Waals surface area (Å²) in [4.78, 5) is 13.9. The van der Waals surface area contributed by atoms with E-state index in [1.807, 2.05) is 31.1 Å². The molecule has 0 radical (unpaired) electrons. The van der Waals surface area contributed by atoms with E-state index in [1.54, 1.807) is 12.1 Å². The van der Waals surface area contributed by atoms with Crippen molar-refractivity contribution < 1.29 is 14.3 Å². The molecule has 0 aromatic heterocycles. The Hall–Kier alpha value is -2.56. The van der Waals surface area contributed by atoms with E-state index < -0.39 is 11.7 Å². The monoisotopic (exact) mass is 274 g/mol. The molecule has 5 heteroatoms. The number of hydrogen-bond acceptors (Lipinski definition) is 3. The van der Waals surface area contributed by atoms with Gasteiger partial charge in [0.15, 0.2) is 0 Å². The molecule has 0 heterocycles. The minimum atomic E-state index is -0.759. The van der Waals surface area contributed by atoms with Crippen LogP contribution in [0, 0.1) is 5.82 Å². The Morgan fingerprint density at radius 3 is 2.50 bits per heavy atom. The molecule has 2 aromatic rings. The molecule has 0 aliphatic heterocycles. The van der Waals surface area contributed by atoms with Crippen LogP contribution in [0.5, 0.6) is 5.75 Å². The van der Waals surface area contributed by atoms with E-state index in [-0.39, 0.29) is 11.3 Å². The Morgan fingerprint density at radius 1 is 1.15 bits per heavy atom. The summed E-state index contributed by atoms with van der Waals surface area (Å²) in [6.07, 6.45) is 0. The first kappa shape index (κ1) is 13.9. The topological polar surface area (TPSA) is 52.6 Å². The van der Waals surface area contributed by atoms with Gasteiger partial charge in [-0.15, -0.1) is 0 Å². The van der Waals surface area contributed by atoms with Gasteiger partial charge < -0.3 is 15.3 Å². The lowest BCUT2D eigenvalue weighted by molar-refractivity contribution is 0.102. The Morgan fingerprint density at radius 2 is 1.85 bits per heavy atom. The largest absolute Gasteiger partial charge is 0.507 e. The number of carbonyl (C=O) groups is 1. The van der Waals surface area contributed by atoms with Crippen LogP contribution in [0.1, 0.15) is 10.4 Å². The number of hydrogen-bond donors (Lipinski definition) is 2. The quantitative estimate of drug-likeness (QED) is 0.905. The minimum Gasteiger partial charge on any atom is -0.507 e. The second-order valence-corrected chi connectivity index (χ2v) is 4.50. The number of phenols is 1. The van der Waals surface area contributed by atoms with Crippen LogP contribution in [0.3, 0.4) is 0 Å². The predicted octanol–water partition coefficient (Wildman–Crippen LogP) is 2.85. The molecule has 0 atom stereocenters. The summed E-state index contributed by atoms with van der Waals surface area (Å²) in [6.45, 7) is 0. The molecular weight excluding hydrogens is 259 g/mol. The fraction of sp³-hybridized carbons (Fsp3) is 0.133. The van der Waals surface area contributed by atoms with Crippen LogP contribution >= 0.6 is 0 Å². The summed E-state index contributed by atoms with van der Waals surface area (Å²) >= 11 is 0. The molecular formula is C15H15FN2O2. The average molecular weight is 274 g/mol. The molecule has 0 bridgehead atoms. The Labute approximate surface area is 116 Å². The highest BCUT2D eigenvalue weighted by atomic mass is 19.1. The molecule has 0 aliphatic carbocycles. The molecule has 0 saturated heterocycles. The van der Waals surface area contributed by atoms with Crippen LogP contribution in [-0.4, -0.2) is 25.1 Å². The van der Waals surface area contributed by atoms with Gasteiger partial charge >= 0.3 is 0 Å². The number of nitrogens with zero attached hydrogens (tertiary/aromatic N) is 1. The van der Waals surface area contributed by atoms with Crippen LogP contribution in [0.2, 0.25) is 0 Å².